The maximum Gasteiger partial charge on any atom is 0.244 e. The maximum atomic E-state index is 12.8. The van der Waals surface area contributed by atoms with Crippen LogP contribution in [0.25, 0.3) is 0 Å². The molecule has 2 aliphatic rings. The van der Waals surface area contributed by atoms with E-state index >= 15 is 0 Å². The standard InChI is InChI=1S/C15H21ClN2O2S/c1-17(2)14-10-18(9-12(14)11-7-8-11)21(19,20)15-6-4-3-5-13(15)16/h3-6,11-12,14H,7-10H2,1-2H3/t12-,14+/m1/s1. The van der Waals surface area contributed by atoms with Crippen molar-refractivity contribution in [1.82, 2.24) is 9.21 Å². The summed E-state index contributed by atoms with van der Waals surface area (Å²) in [6, 6.07) is 6.99. The first-order valence-electron chi connectivity index (χ1n) is 7.32. The molecule has 6 heteroatoms. The van der Waals surface area contributed by atoms with Crippen LogP contribution in [0.15, 0.2) is 29.2 Å². The average Bonchev–Trinajstić information content (AvgIpc) is 3.16. The van der Waals surface area contributed by atoms with Crippen LogP contribution in [-0.4, -0.2) is 50.8 Å². The number of rotatable bonds is 4. The molecule has 0 radical (unpaired) electrons. The van der Waals surface area contributed by atoms with Crippen LogP contribution in [0.4, 0.5) is 0 Å². The van der Waals surface area contributed by atoms with Gasteiger partial charge in [0.15, 0.2) is 0 Å². The normalized spacial score (nSPS) is 27.4. The van der Waals surface area contributed by atoms with Gasteiger partial charge in [0.2, 0.25) is 10.0 Å². The minimum absolute atomic E-state index is 0.223. The SMILES string of the molecule is CN(C)[C@H]1CN(S(=O)(=O)c2ccccc2Cl)C[C@@H]1C1CC1. The molecular weight excluding hydrogens is 308 g/mol. The highest BCUT2D eigenvalue weighted by Gasteiger charge is 2.46. The van der Waals surface area contributed by atoms with Crippen LogP contribution in [0.1, 0.15) is 12.8 Å². The van der Waals surface area contributed by atoms with Crippen molar-refractivity contribution in [2.75, 3.05) is 27.2 Å². The number of likely N-dealkylation sites (N-methyl/N-ethyl adjacent to an activating group) is 1. The maximum absolute atomic E-state index is 12.8. The summed E-state index contributed by atoms with van der Waals surface area (Å²) < 4.78 is 27.3. The van der Waals surface area contributed by atoms with Crippen molar-refractivity contribution in [1.29, 1.82) is 0 Å². The first-order valence-corrected chi connectivity index (χ1v) is 9.14. The van der Waals surface area contributed by atoms with Gasteiger partial charge >= 0.3 is 0 Å². The zero-order valence-corrected chi connectivity index (χ0v) is 13.9. The number of hydrogen-bond acceptors (Lipinski definition) is 3. The molecule has 1 aliphatic carbocycles. The average molecular weight is 329 g/mol. The number of sulfonamides is 1. The highest BCUT2D eigenvalue weighted by atomic mass is 35.5. The molecule has 1 aromatic rings. The Morgan fingerprint density at radius 2 is 1.86 bits per heavy atom. The molecule has 1 aromatic carbocycles. The van der Waals surface area contributed by atoms with E-state index in [-0.39, 0.29) is 4.90 Å². The molecule has 0 bridgehead atoms. The van der Waals surface area contributed by atoms with Gasteiger partial charge in [-0.15, -0.1) is 0 Å². The van der Waals surface area contributed by atoms with Crippen molar-refractivity contribution in [3.8, 4) is 0 Å². The van der Waals surface area contributed by atoms with Crippen LogP contribution < -0.4 is 0 Å². The molecule has 0 aromatic heterocycles. The van der Waals surface area contributed by atoms with E-state index in [1.807, 2.05) is 14.1 Å². The Kier molecular flexibility index (Phi) is 4.03. The number of hydrogen-bond donors (Lipinski definition) is 0. The molecule has 2 fully saturated rings. The zero-order chi connectivity index (χ0) is 15.2. The van der Waals surface area contributed by atoms with Gasteiger partial charge in [-0.2, -0.15) is 4.31 Å². The first kappa shape index (κ1) is 15.3. The third kappa shape index (κ3) is 2.84. The van der Waals surface area contributed by atoms with Crippen molar-refractivity contribution < 1.29 is 8.42 Å². The van der Waals surface area contributed by atoms with E-state index in [1.54, 1.807) is 28.6 Å². The van der Waals surface area contributed by atoms with Crippen molar-refractivity contribution in [2.45, 2.75) is 23.8 Å². The number of halogens is 1. The second-order valence-corrected chi connectivity index (χ2v) is 8.60. The predicted molar refractivity (Wildman–Crippen MR) is 83.9 cm³/mol. The fraction of sp³-hybridized carbons (Fsp3) is 0.600. The van der Waals surface area contributed by atoms with E-state index in [2.05, 4.69) is 4.90 Å². The molecule has 21 heavy (non-hydrogen) atoms. The summed E-state index contributed by atoms with van der Waals surface area (Å²) >= 11 is 6.08. The lowest BCUT2D eigenvalue weighted by Crippen LogP contribution is -2.36. The number of benzene rings is 1. The highest BCUT2D eigenvalue weighted by molar-refractivity contribution is 7.89. The van der Waals surface area contributed by atoms with E-state index in [0.29, 0.717) is 36.0 Å². The Bertz CT molecular complexity index is 618. The predicted octanol–water partition coefficient (Wildman–Crippen LogP) is 2.30. The summed E-state index contributed by atoms with van der Waals surface area (Å²) in [6.45, 7) is 1.17. The monoisotopic (exact) mass is 328 g/mol. The lowest BCUT2D eigenvalue weighted by molar-refractivity contribution is 0.237. The fourth-order valence-electron chi connectivity index (χ4n) is 3.30. The Morgan fingerprint density at radius 1 is 1.19 bits per heavy atom. The van der Waals surface area contributed by atoms with Crippen LogP contribution >= 0.6 is 11.6 Å². The summed E-state index contributed by atoms with van der Waals surface area (Å²) in [5.74, 6) is 1.13. The first-order chi connectivity index (χ1) is 9.91. The largest absolute Gasteiger partial charge is 0.305 e. The Hall–Kier alpha value is -0.620. The third-order valence-corrected chi connectivity index (χ3v) is 6.98. The minimum atomic E-state index is -3.50. The van der Waals surface area contributed by atoms with E-state index in [4.69, 9.17) is 11.6 Å². The van der Waals surface area contributed by atoms with Gasteiger partial charge in [0.25, 0.3) is 0 Å². The van der Waals surface area contributed by atoms with Crippen LogP contribution in [0.5, 0.6) is 0 Å². The molecule has 3 rings (SSSR count). The second-order valence-electron chi connectivity index (χ2n) is 6.28. The summed E-state index contributed by atoms with van der Waals surface area (Å²) in [7, 11) is 0.567. The van der Waals surface area contributed by atoms with Gasteiger partial charge in [-0.1, -0.05) is 23.7 Å². The van der Waals surface area contributed by atoms with Crippen molar-refractivity contribution in [2.24, 2.45) is 11.8 Å². The van der Waals surface area contributed by atoms with Crippen LogP contribution in [0.2, 0.25) is 5.02 Å². The van der Waals surface area contributed by atoms with E-state index < -0.39 is 10.0 Å². The van der Waals surface area contributed by atoms with Gasteiger partial charge in [-0.05, 0) is 50.9 Å². The summed E-state index contributed by atoms with van der Waals surface area (Å²) in [6.07, 6.45) is 2.46. The molecule has 1 aliphatic heterocycles. The fourth-order valence-corrected chi connectivity index (χ4v) is 5.29. The van der Waals surface area contributed by atoms with Gasteiger partial charge in [0.1, 0.15) is 4.90 Å². The van der Waals surface area contributed by atoms with E-state index in [1.165, 1.54) is 12.8 Å². The van der Waals surface area contributed by atoms with Crippen molar-refractivity contribution >= 4 is 21.6 Å². The number of nitrogens with zero attached hydrogens (tertiary/aromatic N) is 2. The quantitative estimate of drug-likeness (QED) is 0.851. The lowest BCUT2D eigenvalue weighted by atomic mass is 9.97. The lowest BCUT2D eigenvalue weighted by Gasteiger charge is -2.24. The van der Waals surface area contributed by atoms with Crippen LogP contribution in [0, 0.1) is 11.8 Å². The Morgan fingerprint density at radius 3 is 2.43 bits per heavy atom. The molecule has 0 unspecified atom stereocenters. The molecule has 116 valence electrons. The second kappa shape index (κ2) is 5.54. The smallest absolute Gasteiger partial charge is 0.244 e. The topological polar surface area (TPSA) is 40.6 Å². The van der Waals surface area contributed by atoms with Crippen molar-refractivity contribution in [3.63, 3.8) is 0 Å². The molecule has 4 nitrogen and oxygen atoms in total. The van der Waals surface area contributed by atoms with Gasteiger partial charge in [0.05, 0.1) is 5.02 Å². The summed E-state index contributed by atoms with van der Waals surface area (Å²) in [5, 5.41) is 0.300. The Balaban J connectivity index is 1.89. The van der Waals surface area contributed by atoms with E-state index in [9.17, 15) is 8.42 Å². The van der Waals surface area contributed by atoms with Gasteiger partial charge in [-0.25, -0.2) is 8.42 Å². The van der Waals surface area contributed by atoms with Crippen molar-refractivity contribution in [3.05, 3.63) is 29.3 Å². The molecule has 0 spiro atoms. The molecular formula is C15H21ClN2O2S. The molecule has 0 N–H and O–H groups in total. The zero-order valence-electron chi connectivity index (χ0n) is 12.4. The molecule has 1 saturated carbocycles. The third-order valence-electron chi connectivity index (χ3n) is 4.64. The van der Waals surface area contributed by atoms with Crippen LogP contribution in [-0.2, 0) is 10.0 Å². The molecule has 2 atom stereocenters. The molecule has 1 saturated heterocycles. The van der Waals surface area contributed by atoms with Crippen LogP contribution in [0.3, 0.4) is 0 Å². The highest BCUT2D eigenvalue weighted by Crippen LogP contribution is 2.43. The van der Waals surface area contributed by atoms with Gasteiger partial charge in [-0.3, -0.25) is 0 Å². The summed E-state index contributed by atoms with van der Waals surface area (Å²) in [5.41, 5.74) is 0. The summed E-state index contributed by atoms with van der Waals surface area (Å²) in [4.78, 5) is 2.38. The Labute approximate surface area is 131 Å². The van der Waals surface area contributed by atoms with E-state index in [0.717, 1.165) is 0 Å². The van der Waals surface area contributed by atoms with Gasteiger partial charge < -0.3 is 4.90 Å². The minimum Gasteiger partial charge on any atom is -0.305 e. The molecule has 1 heterocycles. The van der Waals surface area contributed by atoms with Gasteiger partial charge in [0, 0.05) is 19.1 Å². The molecule has 0 amide bonds.